The lowest BCUT2D eigenvalue weighted by Gasteiger charge is -2.18. The number of benzene rings is 1. The summed E-state index contributed by atoms with van der Waals surface area (Å²) in [6.07, 6.45) is 0. The molecule has 7 heteroatoms. The first-order chi connectivity index (χ1) is 8.24. The molecule has 1 atom stereocenters. The average molecular weight is 384 g/mol. The third-order valence-electron chi connectivity index (χ3n) is 2.23. The van der Waals surface area contributed by atoms with E-state index >= 15 is 0 Å². The van der Waals surface area contributed by atoms with Crippen molar-refractivity contribution in [3.05, 3.63) is 32.4 Å². The summed E-state index contributed by atoms with van der Waals surface area (Å²) < 4.78 is 0.881. The van der Waals surface area contributed by atoms with E-state index in [4.69, 9.17) is 16.7 Å². The number of halogens is 2. The van der Waals surface area contributed by atoms with Gasteiger partial charge in [-0.2, -0.15) is 0 Å². The van der Waals surface area contributed by atoms with E-state index in [2.05, 4.69) is 27.9 Å². The molecule has 0 aliphatic carbocycles. The molecule has 1 unspecified atom stereocenters. The van der Waals surface area contributed by atoms with Crippen LogP contribution in [0.4, 0.5) is 0 Å². The molecule has 1 aromatic rings. The molecule has 0 aliphatic rings. The standard InChI is InChI=1S/C11H11ClINO4/c1-11(18,10(16)17)5-14-9(15)7-3-2-6(13)4-8(7)12/h2-4,18H,5H2,1H3,(H,14,15)(H,16,17). The molecule has 1 amide bonds. The lowest BCUT2D eigenvalue weighted by atomic mass is 10.1. The van der Waals surface area contributed by atoms with Crippen molar-refractivity contribution in [2.75, 3.05) is 6.54 Å². The van der Waals surface area contributed by atoms with Crippen molar-refractivity contribution in [3.63, 3.8) is 0 Å². The van der Waals surface area contributed by atoms with Crippen LogP contribution in [0.3, 0.4) is 0 Å². The van der Waals surface area contributed by atoms with Crippen molar-refractivity contribution in [1.29, 1.82) is 0 Å². The van der Waals surface area contributed by atoms with Crippen molar-refractivity contribution < 1.29 is 19.8 Å². The summed E-state index contributed by atoms with van der Waals surface area (Å²) in [5, 5.41) is 20.7. The fourth-order valence-electron chi connectivity index (χ4n) is 1.10. The maximum Gasteiger partial charge on any atom is 0.337 e. The van der Waals surface area contributed by atoms with Gasteiger partial charge >= 0.3 is 5.97 Å². The van der Waals surface area contributed by atoms with Crippen LogP contribution in [-0.2, 0) is 4.79 Å². The maximum atomic E-state index is 11.7. The molecule has 0 aromatic heterocycles. The van der Waals surface area contributed by atoms with Crippen LogP contribution in [0, 0.1) is 3.57 Å². The Morgan fingerprint density at radius 2 is 2.11 bits per heavy atom. The predicted octanol–water partition coefficient (Wildman–Crippen LogP) is 1.51. The first-order valence-electron chi connectivity index (χ1n) is 4.93. The van der Waals surface area contributed by atoms with Gasteiger partial charge in [-0.05, 0) is 47.7 Å². The van der Waals surface area contributed by atoms with E-state index in [1.807, 2.05) is 0 Å². The average Bonchev–Trinajstić information content (AvgIpc) is 2.25. The van der Waals surface area contributed by atoms with Gasteiger partial charge < -0.3 is 15.5 Å². The molecule has 0 bridgehead atoms. The molecule has 3 N–H and O–H groups in total. The topological polar surface area (TPSA) is 86.6 Å². The summed E-state index contributed by atoms with van der Waals surface area (Å²) >= 11 is 7.95. The Balaban J connectivity index is 2.75. The molecule has 0 fully saturated rings. The molecule has 98 valence electrons. The van der Waals surface area contributed by atoms with Crippen LogP contribution in [0.25, 0.3) is 0 Å². The number of carboxylic acid groups (broad SMARTS) is 1. The first kappa shape index (κ1) is 15.2. The molecule has 1 aromatic carbocycles. The SMILES string of the molecule is CC(O)(CNC(=O)c1ccc(I)cc1Cl)C(=O)O. The fourth-order valence-corrected chi connectivity index (χ4v) is 2.04. The van der Waals surface area contributed by atoms with Crippen molar-refractivity contribution in [2.45, 2.75) is 12.5 Å². The van der Waals surface area contributed by atoms with E-state index in [0.29, 0.717) is 0 Å². The summed E-state index contributed by atoms with van der Waals surface area (Å²) in [5.41, 5.74) is -1.77. The second kappa shape index (κ2) is 5.85. The van der Waals surface area contributed by atoms with E-state index in [-0.39, 0.29) is 10.6 Å². The van der Waals surface area contributed by atoms with Gasteiger partial charge in [0.25, 0.3) is 5.91 Å². The summed E-state index contributed by atoms with van der Waals surface area (Å²) in [4.78, 5) is 22.4. The zero-order chi connectivity index (χ0) is 13.9. The Morgan fingerprint density at radius 3 is 2.61 bits per heavy atom. The zero-order valence-corrected chi connectivity index (χ0v) is 12.3. The van der Waals surface area contributed by atoms with Crippen LogP contribution in [0.5, 0.6) is 0 Å². The highest BCUT2D eigenvalue weighted by molar-refractivity contribution is 14.1. The second-order valence-electron chi connectivity index (χ2n) is 3.89. The van der Waals surface area contributed by atoms with Gasteiger partial charge in [0.1, 0.15) is 0 Å². The minimum absolute atomic E-state index is 0.235. The number of rotatable bonds is 4. The number of nitrogens with one attached hydrogen (secondary N) is 1. The number of carbonyl (C=O) groups excluding carboxylic acids is 1. The van der Waals surface area contributed by atoms with E-state index in [1.54, 1.807) is 12.1 Å². The Morgan fingerprint density at radius 1 is 1.50 bits per heavy atom. The van der Waals surface area contributed by atoms with Gasteiger partial charge in [0.15, 0.2) is 5.60 Å². The summed E-state index contributed by atoms with van der Waals surface area (Å²) in [6, 6.07) is 4.86. The third kappa shape index (κ3) is 3.82. The largest absolute Gasteiger partial charge is 0.479 e. The number of hydrogen-bond acceptors (Lipinski definition) is 3. The van der Waals surface area contributed by atoms with Gasteiger partial charge in [-0.1, -0.05) is 11.6 Å². The highest BCUT2D eigenvalue weighted by atomic mass is 127. The molecule has 18 heavy (non-hydrogen) atoms. The van der Waals surface area contributed by atoms with Crippen LogP contribution >= 0.6 is 34.2 Å². The first-order valence-corrected chi connectivity index (χ1v) is 6.39. The Labute approximate surface area is 122 Å². The number of carboxylic acids is 1. The van der Waals surface area contributed by atoms with Crippen LogP contribution in [0.15, 0.2) is 18.2 Å². The van der Waals surface area contributed by atoms with E-state index in [1.165, 1.54) is 6.07 Å². The van der Waals surface area contributed by atoms with Gasteiger partial charge in [0.2, 0.25) is 0 Å². The maximum absolute atomic E-state index is 11.7. The number of aliphatic hydroxyl groups is 1. The summed E-state index contributed by atoms with van der Waals surface area (Å²) in [5.74, 6) is -1.94. The molecule has 0 spiro atoms. The van der Waals surface area contributed by atoms with Crippen molar-refractivity contribution in [3.8, 4) is 0 Å². The molecular formula is C11H11ClINO4. The Bertz CT molecular complexity index is 490. The van der Waals surface area contributed by atoms with Crippen LogP contribution < -0.4 is 5.32 Å². The van der Waals surface area contributed by atoms with Crippen molar-refractivity contribution in [2.24, 2.45) is 0 Å². The van der Waals surface area contributed by atoms with Gasteiger partial charge in [0, 0.05) is 3.57 Å². The quantitative estimate of drug-likeness (QED) is 0.688. The molecule has 0 aliphatic heterocycles. The van der Waals surface area contributed by atoms with E-state index in [0.717, 1.165) is 10.5 Å². The zero-order valence-electron chi connectivity index (χ0n) is 9.41. The highest BCUT2D eigenvalue weighted by Crippen LogP contribution is 2.19. The van der Waals surface area contributed by atoms with Crippen molar-refractivity contribution >= 4 is 46.1 Å². The normalized spacial score (nSPS) is 13.8. The molecule has 5 nitrogen and oxygen atoms in total. The van der Waals surface area contributed by atoms with Gasteiger partial charge in [-0.3, -0.25) is 4.79 Å². The molecule has 0 radical (unpaired) electrons. The van der Waals surface area contributed by atoms with Crippen LogP contribution in [0.2, 0.25) is 5.02 Å². The highest BCUT2D eigenvalue weighted by Gasteiger charge is 2.30. The Hall–Kier alpha value is -0.860. The lowest BCUT2D eigenvalue weighted by molar-refractivity contribution is -0.155. The second-order valence-corrected chi connectivity index (χ2v) is 5.54. The molecule has 1 rings (SSSR count). The third-order valence-corrected chi connectivity index (χ3v) is 3.21. The molecule has 0 heterocycles. The minimum atomic E-state index is -2.01. The lowest BCUT2D eigenvalue weighted by Crippen LogP contribution is -2.46. The van der Waals surface area contributed by atoms with E-state index < -0.39 is 24.0 Å². The smallest absolute Gasteiger partial charge is 0.337 e. The van der Waals surface area contributed by atoms with E-state index in [9.17, 15) is 14.7 Å². The minimum Gasteiger partial charge on any atom is -0.479 e. The summed E-state index contributed by atoms with van der Waals surface area (Å²) in [7, 11) is 0. The summed E-state index contributed by atoms with van der Waals surface area (Å²) in [6.45, 7) is 0.703. The van der Waals surface area contributed by atoms with Crippen molar-refractivity contribution in [1.82, 2.24) is 5.32 Å². The number of aliphatic carboxylic acids is 1. The number of carbonyl (C=O) groups is 2. The molecule has 0 saturated heterocycles. The predicted molar refractivity (Wildman–Crippen MR) is 74.8 cm³/mol. The van der Waals surface area contributed by atoms with Gasteiger partial charge in [-0.15, -0.1) is 0 Å². The Kier molecular flexibility index (Phi) is 4.94. The number of hydrogen-bond donors (Lipinski definition) is 3. The molecular weight excluding hydrogens is 372 g/mol. The molecule has 0 saturated carbocycles. The van der Waals surface area contributed by atoms with Gasteiger partial charge in [0.05, 0.1) is 17.1 Å². The fraction of sp³-hybridized carbons (Fsp3) is 0.273. The van der Waals surface area contributed by atoms with Crippen LogP contribution in [-0.4, -0.2) is 34.2 Å². The monoisotopic (exact) mass is 383 g/mol. The number of amides is 1. The van der Waals surface area contributed by atoms with Crippen LogP contribution in [0.1, 0.15) is 17.3 Å². The van der Waals surface area contributed by atoms with Gasteiger partial charge in [-0.25, -0.2) is 4.79 Å².